The second-order valence-corrected chi connectivity index (χ2v) is 2.26. The van der Waals surface area contributed by atoms with Crippen molar-refractivity contribution in [1.29, 1.82) is 5.26 Å². The van der Waals surface area contributed by atoms with Gasteiger partial charge in [0.15, 0.2) is 0 Å². The summed E-state index contributed by atoms with van der Waals surface area (Å²) in [4.78, 5) is 0. The second kappa shape index (κ2) is 7.06. The Labute approximate surface area is 100 Å². The Kier molecular flexibility index (Phi) is 8.20. The normalized spacial score (nSPS) is 7.69. The van der Waals surface area contributed by atoms with Crippen molar-refractivity contribution in [1.82, 2.24) is 0 Å². The molecule has 0 spiro atoms. The molecule has 0 radical (unpaired) electrons. The molecule has 0 heterocycles. The third-order valence-corrected chi connectivity index (χ3v) is 1.39. The van der Waals surface area contributed by atoms with Gasteiger partial charge < -0.3 is 17.0 Å². The molecule has 1 rings (SSSR count). The molecule has 0 atom stereocenters. The first-order valence-corrected chi connectivity index (χ1v) is 3.21. The number of halogens is 2. The molecule has 4 heteroatoms. The number of nitriles is 1. The second-order valence-electron chi connectivity index (χ2n) is 2.26. The van der Waals surface area contributed by atoms with E-state index in [0.717, 1.165) is 0 Å². The van der Waals surface area contributed by atoms with Gasteiger partial charge in [0.05, 0.1) is 18.3 Å². The Morgan fingerprint density at radius 3 is 2.54 bits per heavy atom. The first kappa shape index (κ1) is 15.1. The topological polar surface area (TPSA) is 23.8 Å². The van der Waals surface area contributed by atoms with Gasteiger partial charge in [-0.2, -0.15) is 23.8 Å². The van der Waals surface area contributed by atoms with Gasteiger partial charge in [-0.15, -0.1) is 12.1 Å². The molecule has 0 aliphatic heterocycles. The molecule has 0 amide bonds. The largest absolute Gasteiger partial charge is 2.00 e. The van der Waals surface area contributed by atoms with Gasteiger partial charge in [-0.05, 0) is 5.56 Å². The molecule has 0 N–H and O–H groups in total. The molecule has 0 aliphatic rings. The Bertz CT molecular complexity index is 309. The van der Waals surface area contributed by atoms with Gasteiger partial charge in [0, 0.05) is 0 Å². The zero-order valence-corrected chi connectivity index (χ0v) is 11.6. The van der Waals surface area contributed by atoms with Crippen molar-refractivity contribution in [2.75, 3.05) is 0 Å². The summed E-state index contributed by atoms with van der Waals surface area (Å²) in [6.07, 6.45) is 0.117. The van der Waals surface area contributed by atoms with E-state index < -0.39 is 0 Å². The van der Waals surface area contributed by atoms with Crippen LogP contribution in [0, 0.1) is 24.1 Å². The van der Waals surface area contributed by atoms with Gasteiger partial charge in [0.2, 0.25) is 0 Å². The van der Waals surface area contributed by atoms with E-state index in [1.165, 1.54) is 6.07 Å². The molecular formula is C9H7BrFNZn. The van der Waals surface area contributed by atoms with Crippen LogP contribution in [-0.4, -0.2) is 0 Å². The van der Waals surface area contributed by atoms with E-state index in [1.807, 2.05) is 6.07 Å². The van der Waals surface area contributed by atoms with Crippen molar-refractivity contribution in [3.8, 4) is 6.07 Å². The molecule has 64 valence electrons. The Hall–Kier alpha value is -0.387. The van der Waals surface area contributed by atoms with E-state index in [9.17, 15) is 4.39 Å². The van der Waals surface area contributed by atoms with Crippen LogP contribution < -0.4 is 17.0 Å². The van der Waals surface area contributed by atoms with Crippen LogP contribution in [0.25, 0.3) is 0 Å². The monoisotopic (exact) mass is 291 g/mol. The SMILES string of the molecule is [Br-].[CH2-]c1ccc(CC#N)c(F)c1.[Zn+2]. The third kappa shape index (κ3) is 4.40. The summed E-state index contributed by atoms with van der Waals surface area (Å²) in [5, 5.41) is 8.28. The summed E-state index contributed by atoms with van der Waals surface area (Å²) in [6, 6.07) is 6.48. The van der Waals surface area contributed by atoms with Crippen LogP contribution in [0.1, 0.15) is 11.1 Å². The Morgan fingerprint density at radius 2 is 2.08 bits per heavy atom. The molecule has 13 heavy (non-hydrogen) atoms. The van der Waals surface area contributed by atoms with E-state index >= 15 is 0 Å². The fraction of sp³-hybridized carbons (Fsp3) is 0.111. The zero-order valence-electron chi connectivity index (χ0n) is 7.06. The summed E-state index contributed by atoms with van der Waals surface area (Å²) >= 11 is 0. The van der Waals surface area contributed by atoms with Crippen molar-refractivity contribution in [3.63, 3.8) is 0 Å². The van der Waals surface area contributed by atoms with Gasteiger partial charge >= 0.3 is 19.5 Å². The maximum absolute atomic E-state index is 12.8. The smallest absolute Gasteiger partial charge is 1.00 e. The third-order valence-electron chi connectivity index (χ3n) is 1.39. The molecule has 0 fully saturated rings. The molecule has 0 aromatic heterocycles. The van der Waals surface area contributed by atoms with Gasteiger partial charge in [-0.1, -0.05) is 0 Å². The summed E-state index contributed by atoms with van der Waals surface area (Å²) in [5.41, 5.74) is 1.06. The molecule has 0 saturated heterocycles. The van der Waals surface area contributed by atoms with E-state index in [-0.39, 0.29) is 48.7 Å². The molecule has 1 aromatic rings. The molecule has 1 aromatic carbocycles. The van der Waals surface area contributed by atoms with Crippen LogP contribution >= 0.6 is 0 Å². The van der Waals surface area contributed by atoms with Crippen molar-refractivity contribution in [2.24, 2.45) is 0 Å². The average molecular weight is 293 g/mol. The molecule has 0 saturated carbocycles. The van der Waals surface area contributed by atoms with Crippen LogP contribution in [0.4, 0.5) is 4.39 Å². The first-order chi connectivity index (χ1) is 5.24. The Balaban J connectivity index is 0. The number of nitrogens with zero attached hydrogens (tertiary/aromatic N) is 1. The van der Waals surface area contributed by atoms with Gasteiger partial charge in [0.1, 0.15) is 0 Å². The average Bonchev–Trinajstić information content (AvgIpc) is 1.95. The minimum atomic E-state index is -0.348. The minimum absolute atomic E-state index is 0. The first-order valence-electron chi connectivity index (χ1n) is 3.21. The fourth-order valence-electron chi connectivity index (χ4n) is 0.819. The Morgan fingerprint density at radius 1 is 1.46 bits per heavy atom. The minimum Gasteiger partial charge on any atom is -1.00 e. The predicted octanol–water partition coefficient (Wildman–Crippen LogP) is -0.925. The van der Waals surface area contributed by atoms with E-state index in [1.54, 1.807) is 12.1 Å². The number of rotatable bonds is 1. The van der Waals surface area contributed by atoms with E-state index in [0.29, 0.717) is 11.1 Å². The quantitative estimate of drug-likeness (QED) is 0.485. The predicted molar refractivity (Wildman–Crippen MR) is 40.2 cm³/mol. The standard InChI is InChI=1S/C9H7FN.BrH.Zn/c1-7-2-3-8(4-5-11)9(10)6-7;;/h2-3,6H,1,4H2;1H;/q-1;;+2/p-1. The van der Waals surface area contributed by atoms with Gasteiger partial charge in [0.25, 0.3) is 0 Å². The summed E-state index contributed by atoms with van der Waals surface area (Å²) in [6.45, 7) is 3.56. The van der Waals surface area contributed by atoms with E-state index in [4.69, 9.17) is 5.26 Å². The summed E-state index contributed by atoms with van der Waals surface area (Å²) < 4.78 is 12.8. The molecular weight excluding hydrogens is 286 g/mol. The van der Waals surface area contributed by atoms with Crippen LogP contribution in [-0.2, 0) is 25.9 Å². The maximum atomic E-state index is 12.8. The number of hydrogen-bond acceptors (Lipinski definition) is 1. The number of benzene rings is 1. The molecule has 0 aliphatic carbocycles. The van der Waals surface area contributed by atoms with E-state index in [2.05, 4.69) is 6.92 Å². The zero-order chi connectivity index (χ0) is 8.27. The van der Waals surface area contributed by atoms with Gasteiger partial charge in [-0.3, -0.25) is 0 Å². The van der Waals surface area contributed by atoms with Crippen molar-refractivity contribution < 1.29 is 40.8 Å². The van der Waals surface area contributed by atoms with Crippen LogP contribution in [0.2, 0.25) is 0 Å². The van der Waals surface area contributed by atoms with Crippen LogP contribution in [0.15, 0.2) is 18.2 Å². The number of hydrogen-bond donors (Lipinski definition) is 0. The fourth-order valence-corrected chi connectivity index (χ4v) is 0.819. The van der Waals surface area contributed by atoms with Crippen molar-refractivity contribution >= 4 is 0 Å². The van der Waals surface area contributed by atoms with Crippen molar-refractivity contribution in [2.45, 2.75) is 6.42 Å². The van der Waals surface area contributed by atoms with Crippen molar-refractivity contribution in [3.05, 3.63) is 42.1 Å². The maximum Gasteiger partial charge on any atom is 2.00 e. The van der Waals surface area contributed by atoms with Crippen LogP contribution in [0.5, 0.6) is 0 Å². The molecule has 0 unspecified atom stereocenters. The van der Waals surface area contributed by atoms with Gasteiger partial charge in [-0.25, -0.2) is 4.39 Å². The summed E-state index contributed by atoms with van der Waals surface area (Å²) in [7, 11) is 0. The molecule has 0 bridgehead atoms. The summed E-state index contributed by atoms with van der Waals surface area (Å²) in [5.74, 6) is -0.348. The van der Waals surface area contributed by atoms with Crippen LogP contribution in [0.3, 0.4) is 0 Å². The molecule has 1 nitrogen and oxygen atoms in total.